The smallest absolute Gasteiger partial charge is 0.270 e. The summed E-state index contributed by atoms with van der Waals surface area (Å²) in [5.74, 6) is -0.704. The van der Waals surface area contributed by atoms with Gasteiger partial charge in [0.25, 0.3) is 11.8 Å². The summed E-state index contributed by atoms with van der Waals surface area (Å²) >= 11 is 0. The average molecular weight is 742 g/mol. The molecule has 8 rings (SSSR count). The van der Waals surface area contributed by atoms with Gasteiger partial charge >= 0.3 is 0 Å². The first-order valence-corrected chi connectivity index (χ1v) is 19.8. The second-order valence-corrected chi connectivity index (χ2v) is 15.0. The number of pyridine rings is 2. The number of hydrogen-bond donors (Lipinski definition) is 4. The number of piperazine rings is 1. The van der Waals surface area contributed by atoms with E-state index in [0.29, 0.717) is 44.8 Å². The Morgan fingerprint density at radius 1 is 0.927 bits per heavy atom. The van der Waals surface area contributed by atoms with E-state index in [-0.39, 0.29) is 35.8 Å². The maximum absolute atomic E-state index is 13.6. The van der Waals surface area contributed by atoms with Crippen molar-refractivity contribution in [3.63, 3.8) is 0 Å². The number of aromatic nitrogens is 4. The van der Waals surface area contributed by atoms with Gasteiger partial charge in [0.2, 0.25) is 0 Å². The molecule has 0 saturated carbocycles. The van der Waals surface area contributed by atoms with E-state index in [1.165, 1.54) is 23.1 Å². The topological polar surface area (TPSA) is 138 Å². The van der Waals surface area contributed by atoms with Crippen LogP contribution in [0.25, 0.3) is 22.2 Å². The van der Waals surface area contributed by atoms with E-state index in [4.69, 9.17) is 9.72 Å². The number of aryl methyl sites for hydroxylation is 3. The van der Waals surface area contributed by atoms with Crippen molar-refractivity contribution in [2.24, 2.45) is 0 Å². The predicted octanol–water partition coefficient (Wildman–Crippen LogP) is 5.38. The van der Waals surface area contributed by atoms with Crippen LogP contribution >= 0.6 is 0 Å². The number of amides is 2. The maximum atomic E-state index is 13.6. The van der Waals surface area contributed by atoms with E-state index in [0.717, 1.165) is 71.6 Å². The minimum atomic E-state index is -0.364. The van der Waals surface area contributed by atoms with E-state index in [2.05, 4.69) is 93.4 Å². The van der Waals surface area contributed by atoms with Crippen molar-refractivity contribution in [1.29, 1.82) is 0 Å². The Hall–Kier alpha value is -5.17. The third kappa shape index (κ3) is 7.98. The number of ether oxygens (including phenoxy) is 1. The number of carbonyl (C=O) groups excluding carboxylic acids is 2. The Morgan fingerprint density at radius 2 is 1.71 bits per heavy atom. The Morgan fingerprint density at radius 3 is 2.44 bits per heavy atom. The molecular weight excluding hydrogens is 691 g/mol. The third-order valence-electron chi connectivity index (χ3n) is 11.4. The van der Waals surface area contributed by atoms with Crippen molar-refractivity contribution in [3.05, 3.63) is 106 Å². The number of carbonyl (C=O) groups is 2. The number of nitrogens with one attached hydrogen (secondary N) is 4. The fraction of sp³-hybridized carbons (Fsp3) is 0.419. The van der Waals surface area contributed by atoms with Gasteiger partial charge in [0, 0.05) is 81.9 Å². The monoisotopic (exact) mass is 741 g/mol. The fourth-order valence-electron chi connectivity index (χ4n) is 8.32. The molecule has 3 aliphatic heterocycles. The molecule has 0 spiro atoms. The van der Waals surface area contributed by atoms with Gasteiger partial charge in [0.05, 0.1) is 17.3 Å². The highest BCUT2D eigenvalue weighted by Gasteiger charge is 2.37. The predicted molar refractivity (Wildman–Crippen MR) is 214 cm³/mol. The van der Waals surface area contributed by atoms with Crippen LogP contribution in [0.2, 0.25) is 0 Å². The number of benzene rings is 2. The SMILES string of the molecule is CCc1nc2c(cnn2CC)c(NC2CCOCC2)c1CNC(=O)c1cccc(C(=O)NCc2ccc(C)c(-c3cccc(CN4C[C@@H]5CC4CN5)c3)c2)n1. The quantitative estimate of drug-likeness (QED) is 0.125. The van der Waals surface area contributed by atoms with E-state index in [9.17, 15) is 9.59 Å². The molecule has 2 atom stereocenters. The molecule has 6 heterocycles. The van der Waals surface area contributed by atoms with Crippen molar-refractivity contribution in [2.45, 2.75) is 90.8 Å². The lowest BCUT2D eigenvalue weighted by Gasteiger charge is -2.27. The molecule has 286 valence electrons. The number of fused-ring (bicyclic) bond motifs is 3. The Balaban J connectivity index is 0.932. The number of hydrogen-bond acceptors (Lipinski definition) is 9. The summed E-state index contributed by atoms with van der Waals surface area (Å²) in [5.41, 5.74) is 9.79. The number of nitrogens with zero attached hydrogens (tertiary/aromatic N) is 5. The normalized spacial score (nSPS) is 18.5. The summed E-state index contributed by atoms with van der Waals surface area (Å²) in [7, 11) is 0. The number of anilines is 1. The third-order valence-corrected chi connectivity index (χ3v) is 11.4. The molecule has 4 N–H and O–H groups in total. The van der Waals surface area contributed by atoms with Gasteiger partial charge in [0.1, 0.15) is 11.4 Å². The standard InChI is InChI=1S/C43H51N9O3/c1-4-37-35(40(48-31-14-16-55-17-15-31)36-24-47-52(5-2)41(36)50-37)23-46-43(54)39-11-7-10-38(49-39)42(53)45-21-28-13-12-27(3)34(19-28)30-9-6-8-29(18-30)25-51-26-32-20-33(51)22-44-32/h6-13,18-19,24,31-33,44H,4-5,14-17,20-23,25-26H2,1-3H3,(H,45,53)(H,46,54)(H,48,50)/t32-,33?/m0/s1. The van der Waals surface area contributed by atoms with E-state index in [1.807, 2.05) is 16.9 Å². The van der Waals surface area contributed by atoms with Gasteiger partial charge in [-0.1, -0.05) is 43.3 Å². The zero-order valence-corrected chi connectivity index (χ0v) is 32.0. The molecule has 3 saturated heterocycles. The molecular formula is C43H51N9O3. The number of rotatable bonds is 13. The highest BCUT2D eigenvalue weighted by Crippen LogP contribution is 2.32. The van der Waals surface area contributed by atoms with Crippen molar-refractivity contribution in [3.8, 4) is 11.1 Å². The van der Waals surface area contributed by atoms with Crippen LogP contribution in [0.15, 0.2) is 66.9 Å². The van der Waals surface area contributed by atoms with Crippen LogP contribution in [0.1, 0.15) is 82.0 Å². The molecule has 0 aliphatic carbocycles. The molecule has 12 heteroatoms. The van der Waals surface area contributed by atoms with Crippen LogP contribution in [-0.2, 0) is 37.3 Å². The van der Waals surface area contributed by atoms with Crippen LogP contribution in [0.5, 0.6) is 0 Å². The maximum Gasteiger partial charge on any atom is 0.270 e. The van der Waals surface area contributed by atoms with Crippen LogP contribution < -0.4 is 21.3 Å². The van der Waals surface area contributed by atoms with Gasteiger partial charge in [-0.25, -0.2) is 14.6 Å². The molecule has 1 unspecified atom stereocenters. The first-order valence-electron chi connectivity index (χ1n) is 19.8. The second kappa shape index (κ2) is 16.3. The Bertz CT molecular complexity index is 2190. The van der Waals surface area contributed by atoms with Crippen molar-refractivity contribution in [1.82, 2.24) is 40.6 Å². The van der Waals surface area contributed by atoms with E-state index < -0.39 is 0 Å². The molecule has 3 fully saturated rings. The van der Waals surface area contributed by atoms with Crippen LogP contribution in [-0.4, -0.2) is 80.9 Å². The zero-order valence-electron chi connectivity index (χ0n) is 32.0. The number of likely N-dealkylation sites (tertiary alicyclic amines) is 1. The van der Waals surface area contributed by atoms with Gasteiger partial charge in [0.15, 0.2) is 5.65 Å². The Labute approximate surface area is 322 Å². The van der Waals surface area contributed by atoms with Gasteiger partial charge in [-0.05, 0) is 91.6 Å². The van der Waals surface area contributed by atoms with Gasteiger partial charge in [-0.2, -0.15) is 5.10 Å². The summed E-state index contributed by atoms with van der Waals surface area (Å²) in [5, 5.41) is 19.0. The van der Waals surface area contributed by atoms with E-state index in [1.54, 1.807) is 18.2 Å². The van der Waals surface area contributed by atoms with Crippen LogP contribution in [0, 0.1) is 6.92 Å². The lowest BCUT2D eigenvalue weighted by molar-refractivity contribution is 0.0904. The minimum Gasteiger partial charge on any atom is -0.381 e. The van der Waals surface area contributed by atoms with Crippen molar-refractivity contribution < 1.29 is 14.3 Å². The zero-order chi connectivity index (χ0) is 37.9. The largest absolute Gasteiger partial charge is 0.381 e. The van der Waals surface area contributed by atoms with Gasteiger partial charge < -0.3 is 26.0 Å². The first-order chi connectivity index (χ1) is 26.9. The molecule has 12 nitrogen and oxygen atoms in total. The summed E-state index contributed by atoms with van der Waals surface area (Å²) in [6, 6.07) is 21.6. The molecule has 0 radical (unpaired) electrons. The molecule has 2 aromatic carbocycles. The Kier molecular flexibility index (Phi) is 10.9. The van der Waals surface area contributed by atoms with Crippen LogP contribution in [0.3, 0.4) is 0 Å². The van der Waals surface area contributed by atoms with Crippen molar-refractivity contribution in [2.75, 3.05) is 31.6 Å². The van der Waals surface area contributed by atoms with Gasteiger partial charge in [-0.3, -0.25) is 14.5 Å². The van der Waals surface area contributed by atoms with Crippen LogP contribution in [0.4, 0.5) is 5.69 Å². The van der Waals surface area contributed by atoms with E-state index >= 15 is 0 Å². The first kappa shape index (κ1) is 36.8. The summed E-state index contributed by atoms with van der Waals surface area (Å²) in [6.07, 6.45) is 5.59. The summed E-state index contributed by atoms with van der Waals surface area (Å²) in [6.45, 7) is 12.1. The molecule has 2 amide bonds. The summed E-state index contributed by atoms with van der Waals surface area (Å²) in [4.78, 5) is 39.0. The average Bonchev–Trinajstić information content (AvgIpc) is 3.97. The highest BCUT2D eigenvalue weighted by molar-refractivity contribution is 5.97. The highest BCUT2D eigenvalue weighted by atomic mass is 16.5. The van der Waals surface area contributed by atoms with Crippen molar-refractivity contribution >= 4 is 28.5 Å². The second-order valence-electron chi connectivity index (χ2n) is 15.0. The fourth-order valence-corrected chi connectivity index (χ4v) is 8.32. The molecule has 2 bridgehead atoms. The molecule has 55 heavy (non-hydrogen) atoms. The molecule has 3 aromatic heterocycles. The van der Waals surface area contributed by atoms with Gasteiger partial charge in [-0.15, -0.1) is 0 Å². The lowest BCUT2D eigenvalue weighted by Crippen LogP contribution is -2.42. The lowest BCUT2D eigenvalue weighted by atomic mass is 9.96. The minimum absolute atomic E-state index is 0.174. The molecule has 3 aliphatic rings. The summed E-state index contributed by atoms with van der Waals surface area (Å²) < 4.78 is 7.50. The molecule has 5 aromatic rings.